The van der Waals surface area contributed by atoms with Gasteiger partial charge in [0, 0.05) is 5.69 Å². The summed E-state index contributed by atoms with van der Waals surface area (Å²) in [5.41, 5.74) is 1.51. The number of rotatable bonds is 5. The molecule has 25 heavy (non-hydrogen) atoms. The average Bonchev–Trinajstić information content (AvgIpc) is 3.12. The van der Waals surface area contributed by atoms with Gasteiger partial charge in [0.2, 0.25) is 5.91 Å². The van der Waals surface area contributed by atoms with Crippen LogP contribution in [-0.4, -0.2) is 38.6 Å². The molecule has 0 atom stereocenters. The molecule has 0 fully saturated rings. The van der Waals surface area contributed by atoms with Crippen molar-refractivity contribution < 1.29 is 14.3 Å². The number of carbonyl (C=O) groups excluding carboxylic acids is 2. The first-order valence-electron chi connectivity index (χ1n) is 7.54. The molecule has 0 aliphatic heterocycles. The van der Waals surface area contributed by atoms with Crippen molar-refractivity contribution in [1.29, 1.82) is 0 Å². The number of anilines is 2. The molecular formula is C15H16N6O3S. The zero-order valence-electron chi connectivity index (χ0n) is 13.6. The Kier molecular flexibility index (Phi) is 4.89. The van der Waals surface area contributed by atoms with Gasteiger partial charge in [-0.25, -0.2) is 14.5 Å². The molecule has 3 aromatic rings. The lowest BCUT2D eigenvalue weighted by atomic mass is 10.3. The molecule has 0 spiro atoms. The molecular weight excluding hydrogens is 344 g/mol. The summed E-state index contributed by atoms with van der Waals surface area (Å²) in [6.45, 7) is 3.86. The molecule has 0 radical (unpaired) electrons. The molecule has 2 amide bonds. The normalized spacial score (nSPS) is 10.6. The van der Waals surface area contributed by atoms with Gasteiger partial charge in [0.25, 0.3) is 0 Å². The Labute approximate surface area is 147 Å². The van der Waals surface area contributed by atoms with Crippen LogP contribution in [0.5, 0.6) is 0 Å². The summed E-state index contributed by atoms with van der Waals surface area (Å²) in [5, 5.41) is 13.7. The third-order valence-electron chi connectivity index (χ3n) is 3.13. The minimum absolute atomic E-state index is 0.0361. The van der Waals surface area contributed by atoms with Crippen LogP contribution in [0.3, 0.4) is 0 Å². The Morgan fingerprint density at radius 1 is 1.32 bits per heavy atom. The summed E-state index contributed by atoms with van der Waals surface area (Å²) < 4.78 is 7.13. The molecule has 1 aromatic carbocycles. The molecule has 2 N–H and O–H groups in total. The molecule has 0 aliphatic rings. The number of benzene rings is 1. The van der Waals surface area contributed by atoms with Crippen molar-refractivity contribution in [1.82, 2.24) is 20.0 Å². The first-order chi connectivity index (χ1) is 12.0. The van der Waals surface area contributed by atoms with Gasteiger partial charge in [-0.05, 0) is 32.0 Å². The quantitative estimate of drug-likeness (QED) is 0.723. The van der Waals surface area contributed by atoms with Crippen LogP contribution in [0, 0.1) is 6.92 Å². The summed E-state index contributed by atoms with van der Waals surface area (Å²) >= 11 is 1.60. The fourth-order valence-electron chi connectivity index (χ4n) is 2.17. The van der Waals surface area contributed by atoms with E-state index < -0.39 is 6.09 Å². The number of fused-ring (bicyclic) bond motifs is 1. The van der Waals surface area contributed by atoms with Gasteiger partial charge in [-0.3, -0.25) is 10.1 Å². The van der Waals surface area contributed by atoms with E-state index in [2.05, 4.69) is 25.9 Å². The lowest BCUT2D eigenvalue weighted by Gasteiger charge is -2.04. The number of amides is 2. The monoisotopic (exact) mass is 360 g/mol. The molecule has 3 rings (SSSR count). The first-order valence-corrected chi connectivity index (χ1v) is 8.36. The van der Waals surface area contributed by atoms with Crippen molar-refractivity contribution in [2.75, 3.05) is 17.2 Å². The summed E-state index contributed by atoms with van der Waals surface area (Å²) in [6, 6.07) is 5.57. The van der Waals surface area contributed by atoms with Crippen molar-refractivity contribution in [2.24, 2.45) is 0 Å². The van der Waals surface area contributed by atoms with E-state index in [-0.39, 0.29) is 24.9 Å². The Hall–Kier alpha value is -3.01. The number of hydrogen-bond donors (Lipinski definition) is 2. The fraction of sp³-hybridized carbons (Fsp3) is 0.267. The van der Waals surface area contributed by atoms with Gasteiger partial charge < -0.3 is 10.1 Å². The number of nitrogens with one attached hydrogen (secondary N) is 2. The second-order valence-electron chi connectivity index (χ2n) is 5.11. The lowest BCUT2D eigenvalue weighted by Crippen LogP contribution is -2.19. The van der Waals surface area contributed by atoms with E-state index in [1.165, 1.54) is 10.9 Å². The highest BCUT2D eigenvalue weighted by Gasteiger charge is 2.10. The average molecular weight is 360 g/mol. The number of carbonyl (C=O) groups is 2. The number of thiazole rings is 1. The zero-order chi connectivity index (χ0) is 17.8. The maximum absolute atomic E-state index is 12.1. The van der Waals surface area contributed by atoms with Crippen molar-refractivity contribution in [3.05, 3.63) is 29.4 Å². The third-order valence-corrected chi connectivity index (χ3v) is 4.08. The number of hydrogen-bond acceptors (Lipinski definition) is 7. The highest BCUT2D eigenvalue weighted by atomic mass is 32.1. The van der Waals surface area contributed by atoms with E-state index in [0.717, 1.165) is 15.2 Å². The van der Waals surface area contributed by atoms with Crippen LogP contribution < -0.4 is 10.6 Å². The van der Waals surface area contributed by atoms with Crippen LogP contribution in [-0.2, 0) is 16.1 Å². The molecule has 130 valence electrons. The smallest absolute Gasteiger partial charge is 0.412 e. The first kappa shape index (κ1) is 16.8. The number of ether oxygens (including phenoxy) is 1. The van der Waals surface area contributed by atoms with Crippen LogP contribution in [0.2, 0.25) is 0 Å². The largest absolute Gasteiger partial charge is 0.450 e. The van der Waals surface area contributed by atoms with Crippen LogP contribution >= 0.6 is 11.3 Å². The van der Waals surface area contributed by atoms with Gasteiger partial charge in [0.1, 0.15) is 6.54 Å². The van der Waals surface area contributed by atoms with Crippen molar-refractivity contribution >= 4 is 45.1 Å². The van der Waals surface area contributed by atoms with Gasteiger partial charge in [0.05, 0.1) is 28.0 Å². The van der Waals surface area contributed by atoms with Crippen molar-refractivity contribution in [3.63, 3.8) is 0 Å². The summed E-state index contributed by atoms with van der Waals surface area (Å²) in [4.78, 5) is 27.8. The van der Waals surface area contributed by atoms with Crippen LogP contribution in [0.25, 0.3) is 10.2 Å². The molecule has 0 bridgehead atoms. The van der Waals surface area contributed by atoms with Crippen molar-refractivity contribution in [3.8, 4) is 0 Å². The molecule has 10 heteroatoms. The van der Waals surface area contributed by atoms with Gasteiger partial charge in [-0.2, -0.15) is 0 Å². The van der Waals surface area contributed by atoms with E-state index in [0.29, 0.717) is 5.69 Å². The second kappa shape index (κ2) is 7.26. The fourth-order valence-corrected chi connectivity index (χ4v) is 2.98. The minimum atomic E-state index is -0.620. The van der Waals surface area contributed by atoms with E-state index in [9.17, 15) is 9.59 Å². The maximum atomic E-state index is 12.1. The Morgan fingerprint density at radius 2 is 2.16 bits per heavy atom. The van der Waals surface area contributed by atoms with Gasteiger partial charge in [0.15, 0.2) is 5.82 Å². The summed E-state index contributed by atoms with van der Waals surface area (Å²) in [6.07, 6.45) is 0.828. The van der Waals surface area contributed by atoms with Crippen LogP contribution in [0.4, 0.5) is 16.3 Å². The number of aromatic nitrogens is 4. The van der Waals surface area contributed by atoms with Crippen molar-refractivity contribution in [2.45, 2.75) is 20.4 Å². The highest BCUT2D eigenvalue weighted by Crippen LogP contribution is 2.24. The molecule has 0 unspecified atom stereocenters. The molecule has 2 heterocycles. The van der Waals surface area contributed by atoms with Gasteiger partial charge in [-0.1, -0.05) is 5.21 Å². The van der Waals surface area contributed by atoms with E-state index in [1.807, 2.05) is 25.1 Å². The van der Waals surface area contributed by atoms with Crippen LogP contribution in [0.15, 0.2) is 24.4 Å². The predicted octanol–water partition coefficient (Wildman–Crippen LogP) is 2.40. The molecule has 0 saturated heterocycles. The molecule has 0 aliphatic carbocycles. The molecule has 0 saturated carbocycles. The Bertz CT molecular complexity index is 919. The lowest BCUT2D eigenvalue weighted by molar-refractivity contribution is -0.116. The second-order valence-corrected chi connectivity index (χ2v) is 6.35. The minimum Gasteiger partial charge on any atom is -0.450 e. The maximum Gasteiger partial charge on any atom is 0.412 e. The summed E-state index contributed by atoms with van der Waals surface area (Å²) in [5.74, 6) is -0.0514. The molecule has 9 nitrogen and oxygen atoms in total. The Morgan fingerprint density at radius 3 is 2.96 bits per heavy atom. The van der Waals surface area contributed by atoms with E-state index >= 15 is 0 Å². The third kappa shape index (κ3) is 4.29. The van der Waals surface area contributed by atoms with Gasteiger partial charge in [-0.15, -0.1) is 16.4 Å². The highest BCUT2D eigenvalue weighted by molar-refractivity contribution is 7.18. The van der Waals surface area contributed by atoms with Gasteiger partial charge >= 0.3 is 6.09 Å². The molecule has 2 aromatic heterocycles. The summed E-state index contributed by atoms with van der Waals surface area (Å²) in [7, 11) is 0. The van der Waals surface area contributed by atoms with E-state index in [4.69, 9.17) is 4.74 Å². The predicted molar refractivity (Wildman–Crippen MR) is 93.7 cm³/mol. The van der Waals surface area contributed by atoms with E-state index in [1.54, 1.807) is 18.3 Å². The Balaban J connectivity index is 1.60. The SMILES string of the molecule is CCOC(=O)Nc1cn(CC(=O)Nc2ccc3sc(C)nc3c2)nn1. The zero-order valence-corrected chi connectivity index (χ0v) is 14.5. The van der Waals surface area contributed by atoms with Crippen LogP contribution in [0.1, 0.15) is 11.9 Å². The topological polar surface area (TPSA) is 111 Å². The number of aryl methyl sites for hydroxylation is 1. The number of nitrogens with zero attached hydrogens (tertiary/aromatic N) is 4. The standard InChI is InChI=1S/C15H16N6O3S/c1-3-24-15(23)18-13-7-21(20-19-13)8-14(22)17-10-4-5-12-11(6-10)16-9(2)25-12/h4-7H,3,8H2,1-2H3,(H,17,22)(H,18,23).